The molecule has 0 radical (unpaired) electrons. The Morgan fingerprint density at radius 2 is 1.89 bits per heavy atom. The summed E-state index contributed by atoms with van der Waals surface area (Å²) in [5.41, 5.74) is 4.14. The van der Waals surface area contributed by atoms with Crippen LogP contribution in [0.15, 0.2) is 24.3 Å². The molecule has 0 saturated heterocycles. The summed E-state index contributed by atoms with van der Waals surface area (Å²) in [6, 6.07) is 8.40. The van der Waals surface area contributed by atoms with Crippen LogP contribution in [0, 0.1) is 5.92 Å². The van der Waals surface area contributed by atoms with E-state index in [0.717, 1.165) is 18.6 Å². The number of rotatable bonds is 7. The van der Waals surface area contributed by atoms with E-state index < -0.39 is 0 Å². The molecule has 0 fully saturated rings. The Morgan fingerprint density at radius 1 is 1.22 bits per heavy atom. The van der Waals surface area contributed by atoms with Crippen LogP contribution in [0.2, 0.25) is 0 Å². The molecule has 0 amide bonds. The molecule has 0 saturated carbocycles. The van der Waals surface area contributed by atoms with Gasteiger partial charge in [-0.2, -0.15) is 0 Å². The molecule has 0 aliphatic rings. The van der Waals surface area contributed by atoms with Gasteiger partial charge in [0.1, 0.15) is 5.75 Å². The Labute approximate surface area is 111 Å². The third kappa shape index (κ3) is 4.00. The molecule has 3 nitrogen and oxygen atoms in total. The Bertz CT molecular complexity index is 348. The Balaban J connectivity index is 2.91. The highest BCUT2D eigenvalue weighted by molar-refractivity contribution is 5.31. The van der Waals surface area contributed by atoms with Crippen molar-refractivity contribution in [2.24, 2.45) is 11.8 Å². The van der Waals surface area contributed by atoms with Crippen LogP contribution in [-0.4, -0.2) is 6.10 Å². The fourth-order valence-corrected chi connectivity index (χ4v) is 2.32. The van der Waals surface area contributed by atoms with Gasteiger partial charge in [-0.3, -0.25) is 11.3 Å². The Hall–Kier alpha value is -1.06. The van der Waals surface area contributed by atoms with Gasteiger partial charge in [-0.1, -0.05) is 38.8 Å². The number of hydrogen-bond acceptors (Lipinski definition) is 3. The average Bonchev–Trinajstić information content (AvgIpc) is 2.35. The normalized spacial score (nSPS) is 13.1. The highest BCUT2D eigenvalue weighted by atomic mass is 16.5. The van der Waals surface area contributed by atoms with Gasteiger partial charge in [-0.25, -0.2) is 0 Å². The summed E-state index contributed by atoms with van der Waals surface area (Å²) in [5.74, 6) is 7.17. The predicted molar refractivity (Wildman–Crippen MR) is 76.3 cm³/mol. The monoisotopic (exact) mass is 250 g/mol. The summed E-state index contributed by atoms with van der Waals surface area (Å²) in [5, 5.41) is 0. The summed E-state index contributed by atoms with van der Waals surface area (Å²) < 4.78 is 5.73. The van der Waals surface area contributed by atoms with Crippen molar-refractivity contribution in [2.45, 2.75) is 52.7 Å². The molecule has 0 heterocycles. The number of benzene rings is 1. The van der Waals surface area contributed by atoms with Crippen molar-refractivity contribution in [3.8, 4) is 5.75 Å². The fourth-order valence-electron chi connectivity index (χ4n) is 2.32. The molecule has 0 bridgehead atoms. The van der Waals surface area contributed by atoms with E-state index in [-0.39, 0.29) is 12.1 Å². The van der Waals surface area contributed by atoms with Crippen LogP contribution in [0.5, 0.6) is 5.75 Å². The lowest BCUT2D eigenvalue weighted by Crippen LogP contribution is -2.33. The minimum atomic E-state index is 0.190. The first-order valence-corrected chi connectivity index (χ1v) is 6.85. The van der Waals surface area contributed by atoms with E-state index in [1.807, 2.05) is 26.0 Å². The minimum Gasteiger partial charge on any atom is -0.491 e. The summed E-state index contributed by atoms with van der Waals surface area (Å²) >= 11 is 0. The molecule has 1 rings (SSSR count). The van der Waals surface area contributed by atoms with Crippen molar-refractivity contribution in [2.75, 3.05) is 0 Å². The van der Waals surface area contributed by atoms with Crippen LogP contribution in [0.25, 0.3) is 0 Å². The number of ether oxygens (including phenoxy) is 1. The number of hydrogen-bond donors (Lipinski definition) is 2. The molecular formula is C15H26N2O. The standard InChI is InChI=1S/C15H26N2O/c1-5-12(6-2)15(17-16)13-8-7-9-14(10-13)18-11(3)4/h7-12,15,17H,5-6,16H2,1-4H3. The van der Waals surface area contributed by atoms with Crippen molar-refractivity contribution in [3.63, 3.8) is 0 Å². The smallest absolute Gasteiger partial charge is 0.120 e. The topological polar surface area (TPSA) is 47.3 Å². The van der Waals surface area contributed by atoms with Crippen LogP contribution in [0.1, 0.15) is 52.1 Å². The molecule has 0 aromatic heterocycles. The summed E-state index contributed by atoms with van der Waals surface area (Å²) in [7, 11) is 0. The van der Waals surface area contributed by atoms with Crippen LogP contribution in [-0.2, 0) is 0 Å². The molecule has 1 atom stereocenters. The third-order valence-electron chi connectivity index (χ3n) is 3.29. The lowest BCUT2D eigenvalue weighted by molar-refractivity contribution is 0.241. The van der Waals surface area contributed by atoms with Crippen molar-refractivity contribution >= 4 is 0 Å². The molecule has 3 N–H and O–H groups in total. The zero-order valence-corrected chi connectivity index (χ0v) is 11.9. The molecule has 1 aromatic carbocycles. The average molecular weight is 250 g/mol. The van der Waals surface area contributed by atoms with Crippen molar-refractivity contribution < 1.29 is 4.74 Å². The van der Waals surface area contributed by atoms with E-state index in [4.69, 9.17) is 10.6 Å². The van der Waals surface area contributed by atoms with Gasteiger partial charge in [-0.15, -0.1) is 0 Å². The maximum Gasteiger partial charge on any atom is 0.120 e. The molecule has 0 aliphatic heterocycles. The van der Waals surface area contributed by atoms with Crippen molar-refractivity contribution in [1.82, 2.24) is 5.43 Å². The summed E-state index contributed by atoms with van der Waals surface area (Å²) in [4.78, 5) is 0. The van der Waals surface area contributed by atoms with Gasteiger partial charge in [0.05, 0.1) is 6.10 Å². The van der Waals surface area contributed by atoms with Gasteiger partial charge in [-0.05, 0) is 37.5 Å². The summed E-state index contributed by atoms with van der Waals surface area (Å²) in [6.45, 7) is 8.47. The van der Waals surface area contributed by atoms with Gasteiger partial charge in [0.15, 0.2) is 0 Å². The number of nitrogens with one attached hydrogen (secondary N) is 1. The van der Waals surface area contributed by atoms with Crippen LogP contribution < -0.4 is 16.0 Å². The molecular weight excluding hydrogens is 224 g/mol. The van der Waals surface area contributed by atoms with Crippen molar-refractivity contribution in [3.05, 3.63) is 29.8 Å². The first kappa shape index (κ1) is 15.0. The molecule has 0 aliphatic carbocycles. The van der Waals surface area contributed by atoms with Crippen LogP contribution in [0.4, 0.5) is 0 Å². The lowest BCUT2D eigenvalue weighted by atomic mass is 9.89. The third-order valence-corrected chi connectivity index (χ3v) is 3.29. The van der Waals surface area contributed by atoms with E-state index >= 15 is 0 Å². The zero-order valence-electron chi connectivity index (χ0n) is 11.9. The number of hydrazine groups is 1. The van der Waals surface area contributed by atoms with Crippen molar-refractivity contribution in [1.29, 1.82) is 0 Å². The second-order valence-corrected chi connectivity index (χ2v) is 4.96. The van der Waals surface area contributed by atoms with Gasteiger partial charge in [0.25, 0.3) is 0 Å². The van der Waals surface area contributed by atoms with Crippen LogP contribution >= 0.6 is 0 Å². The molecule has 1 aromatic rings. The van der Waals surface area contributed by atoms with Gasteiger partial charge in [0.2, 0.25) is 0 Å². The minimum absolute atomic E-state index is 0.190. The molecule has 3 heteroatoms. The molecule has 1 unspecified atom stereocenters. The van der Waals surface area contributed by atoms with E-state index in [2.05, 4.69) is 31.4 Å². The maximum atomic E-state index is 5.73. The van der Waals surface area contributed by atoms with Gasteiger partial charge in [0, 0.05) is 6.04 Å². The summed E-state index contributed by atoms with van der Waals surface area (Å²) in [6.07, 6.45) is 2.42. The molecule has 18 heavy (non-hydrogen) atoms. The Kier molecular flexibility index (Phi) is 6.16. The van der Waals surface area contributed by atoms with Gasteiger partial charge >= 0.3 is 0 Å². The molecule has 102 valence electrons. The van der Waals surface area contributed by atoms with Crippen LogP contribution in [0.3, 0.4) is 0 Å². The highest BCUT2D eigenvalue weighted by Gasteiger charge is 2.19. The largest absolute Gasteiger partial charge is 0.491 e. The van der Waals surface area contributed by atoms with E-state index in [1.54, 1.807) is 0 Å². The number of nitrogens with two attached hydrogens (primary N) is 1. The van der Waals surface area contributed by atoms with E-state index in [0.29, 0.717) is 5.92 Å². The SMILES string of the molecule is CCC(CC)C(NN)c1cccc(OC(C)C)c1. The zero-order chi connectivity index (χ0) is 13.5. The molecule has 0 spiro atoms. The first-order chi connectivity index (χ1) is 8.62. The predicted octanol–water partition coefficient (Wildman–Crippen LogP) is 3.41. The Morgan fingerprint density at radius 3 is 2.39 bits per heavy atom. The second kappa shape index (κ2) is 7.39. The van der Waals surface area contributed by atoms with Gasteiger partial charge < -0.3 is 4.74 Å². The van der Waals surface area contributed by atoms with E-state index in [9.17, 15) is 0 Å². The quantitative estimate of drug-likeness (QED) is 0.576. The highest BCUT2D eigenvalue weighted by Crippen LogP contribution is 2.29. The fraction of sp³-hybridized carbons (Fsp3) is 0.600. The van der Waals surface area contributed by atoms with E-state index in [1.165, 1.54) is 5.56 Å². The lowest BCUT2D eigenvalue weighted by Gasteiger charge is -2.25. The first-order valence-electron chi connectivity index (χ1n) is 6.85. The second-order valence-electron chi connectivity index (χ2n) is 4.96. The maximum absolute atomic E-state index is 5.73.